The summed E-state index contributed by atoms with van der Waals surface area (Å²) in [6, 6.07) is 11.4. The standard InChI is InChI=1S/C17H14FN5O/c18-4-5-24-13-3-1-2-11(6-13)14-8-15(23-22-14)12-7-16-17(19-9-12)21-10-20-16/h1-3,6-10H,4-5H2,(H,22,23)(H,19,20,21)/p+1. The highest BCUT2D eigenvalue weighted by atomic mass is 19.1. The SMILES string of the molecule is FCCOc1cccc(-c2cc(-c3cnc4[nH+]c[nH]c4c3)n[nH]2)c1. The summed E-state index contributed by atoms with van der Waals surface area (Å²) in [5, 5.41) is 7.38. The van der Waals surface area contributed by atoms with Crippen LogP contribution in [0, 0.1) is 0 Å². The smallest absolute Gasteiger partial charge is 0.299 e. The van der Waals surface area contributed by atoms with E-state index in [1.165, 1.54) is 0 Å². The summed E-state index contributed by atoms with van der Waals surface area (Å²) in [6.45, 7) is -0.458. The topological polar surface area (TPSA) is 80.7 Å². The monoisotopic (exact) mass is 324 g/mol. The van der Waals surface area contributed by atoms with Crippen LogP contribution in [0.1, 0.15) is 0 Å². The van der Waals surface area contributed by atoms with Gasteiger partial charge in [0, 0.05) is 11.1 Å². The van der Waals surface area contributed by atoms with Crippen LogP contribution in [0.3, 0.4) is 0 Å². The zero-order chi connectivity index (χ0) is 16.4. The predicted molar refractivity (Wildman–Crippen MR) is 87.1 cm³/mol. The number of rotatable bonds is 5. The summed E-state index contributed by atoms with van der Waals surface area (Å²) >= 11 is 0. The Kier molecular flexibility index (Phi) is 3.66. The second-order valence-corrected chi connectivity index (χ2v) is 5.29. The van der Waals surface area contributed by atoms with Gasteiger partial charge in [0.2, 0.25) is 0 Å². The summed E-state index contributed by atoms with van der Waals surface area (Å²) in [6.07, 6.45) is 3.51. The van der Waals surface area contributed by atoms with Crippen LogP contribution >= 0.6 is 0 Å². The number of pyridine rings is 1. The highest BCUT2D eigenvalue weighted by molar-refractivity contribution is 5.76. The first kappa shape index (κ1) is 14.4. The normalized spacial score (nSPS) is 11.0. The molecule has 0 bridgehead atoms. The van der Waals surface area contributed by atoms with Crippen LogP contribution in [0.25, 0.3) is 33.7 Å². The lowest BCUT2D eigenvalue weighted by molar-refractivity contribution is -0.347. The molecule has 120 valence electrons. The molecule has 4 rings (SSSR count). The van der Waals surface area contributed by atoms with Gasteiger partial charge in [0.05, 0.1) is 11.4 Å². The first-order chi connectivity index (χ1) is 11.8. The Bertz CT molecular complexity index is 978. The van der Waals surface area contributed by atoms with E-state index in [0.717, 1.165) is 33.7 Å². The molecule has 0 amide bonds. The van der Waals surface area contributed by atoms with Crippen molar-refractivity contribution in [3.63, 3.8) is 0 Å². The van der Waals surface area contributed by atoms with Gasteiger partial charge in [0.1, 0.15) is 25.2 Å². The summed E-state index contributed by atoms with van der Waals surface area (Å²) < 4.78 is 17.6. The molecule has 6 nitrogen and oxygen atoms in total. The Balaban J connectivity index is 1.64. The molecule has 24 heavy (non-hydrogen) atoms. The van der Waals surface area contributed by atoms with Crippen molar-refractivity contribution in [3.05, 3.63) is 48.9 Å². The van der Waals surface area contributed by atoms with Crippen molar-refractivity contribution in [1.82, 2.24) is 20.2 Å². The highest BCUT2D eigenvalue weighted by Crippen LogP contribution is 2.26. The van der Waals surface area contributed by atoms with E-state index in [0.29, 0.717) is 5.75 Å². The van der Waals surface area contributed by atoms with Gasteiger partial charge in [-0.05, 0) is 24.3 Å². The molecule has 7 heteroatoms. The van der Waals surface area contributed by atoms with Gasteiger partial charge in [-0.1, -0.05) is 12.1 Å². The van der Waals surface area contributed by atoms with E-state index in [1.807, 2.05) is 30.3 Å². The van der Waals surface area contributed by atoms with Gasteiger partial charge in [-0.25, -0.2) is 9.37 Å². The third kappa shape index (κ3) is 2.71. The molecule has 1 aromatic carbocycles. The number of halogens is 1. The zero-order valence-electron chi connectivity index (χ0n) is 12.7. The first-order valence-electron chi connectivity index (χ1n) is 7.53. The molecule has 0 radical (unpaired) electrons. The fourth-order valence-corrected chi connectivity index (χ4v) is 2.54. The van der Waals surface area contributed by atoms with Crippen LogP contribution in [0.5, 0.6) is 5.75 Å². The molecule has 0 aliphatic heterocycles. The van der Waals surface area contributed by atoms with Crippen molar-refractivity contribution in [2.24, 2.45) is 0 Å². The summed E-state index contributed by atoms with van der Waals surface area (Å²) in [4.78, 5) is 10.5. The number of nitrogens with zero attached hydrogens (tertiary/aromatic N) is 2. The van der Waals surface area contributed by atoms with E-state index in [4.69, 9.17) is 4.74 Å². The van der Waals surface area contributed by atoms with Crippen LogP contribution in [-0.4, -0.2) is 33.4 Å². The summed E-state index contributed by atoms with van der Waals surface area (Å²) in [5.41, 5.74) is 5.20. The highest BCUT2D eigenvalue weighted by Gasteiger charge is 2.11. The molecule has 0 fully saturated rings. The molecule has 0 saturated heterocycles. The van der Waals surface area contributed by atoms with Gasteiger partial charge in [0.15, 0.2) is 11.8 Å². The van der Waals surface area contributed by atoms with Crippen molar-refractivity contribution < 1.29 is 14.1 Å². The van der Waals surface area contributed by atoms with Gasteiger partial charge < -0.3 is 4.74 Å². The van der Waals surface area contributed by atoms with Crippen LogP contribution < -0.4 is 9.72 Å². The minimum atomic E-state index is -0.510. The number of hydrogen-bond acceptors (Lipinski definition) is 3. The molecule has 3 heterocycles. The minimum absolute atomic E-state index is 0.0521. The van der Waals surface area contributed by atoms with Gasteiger partial charge in [-0.2, -0.15) is 5.10 Å². The van der Waals surface area contributed by atoms with Gasteiger partial charge in [0.25, 0.3) is 5.65 Å². The number of imidazole rings is 1. The molecule has 4 aromatic rings. The van der Waals surface area contributed by atoms with E-state index in [-0.39, 0.29) is 6.61 Å². The van der Waals surface area contributed by atoms with E-state index in [9.17, 15) is 4.39 Å². The third-order valence-corrected chi connectivity index (χ3v) is 3.69. The number of nitrogens with one attached hydrogen (secondary N) is 3. The third-order valence-electron chi connectivity index (χ3n) is 3.69. The van der Waals surface area contributed by atoms with Crippen molar-refractivity contribution in [1.29, 1.82) is 0 Å². The van der Waals surface area contributed by atoms with Gasteiger partial charge in [-0.15, -0.1) is 4.98 Å². The van der Waals surface area contributed by atoms with E-state index in [2.05, 4.69) is 25.1 Å². The number of aromatic nitrogens is 5. The quantitative estimate of drug-likeness (QED) is 0.592. The molecular weight excluding hydrogens is 309 g/mol. The molecule has 0 aliphatic carbocycles. The second kappa shape index (κ2) is 6.11. The Morgan fingerprint density at radius 3 is 3.04 bits per heavy atom. The second-order valence-electron chi connectivity index (χ2n) is 5.29. The van der Waals surface area contributed by atoms with E-state index >= 15 is 0 Å². The molecule has 0 aliphatic rings. The lowest BCUT2D eigenvalue weighted by Crippen LogP contribution is -1.98. The molecule has 0 unspecified atom stereocenters. The average Bonchev–Trinajstić information content (AvgIpc) is 3.28. The van der Waals surface area contributed by atoms with Crippen molar-refractivity contribution in [2.75, 3.05) is 13.3 Å². The number of alkyl halides is 1. The lowest BCUT2D eigenvalue weighted by Gasteiger charge is -2.04. The number of hydrogen-bond donors (Lipinski definition) is 2. The number of fused-ring (bicyclic) bond motifs is 1. The Labute approximate surface area is 136 Å². The van der Waals surface area contributed by atoms with E-state index in [1.54, 1.807) is 18.6 Å². The summed E-state index contributed by atoms with van der Waals surface area (Å²) in [5.74, 6) is 0.631. The van der Waals surface area contributed by atoms with Gasteiger partial charge in [-0.3, -0.25) is 10.1 Å². The van der Waals surface area contributed by atoms with Crippen molar-refractivity contribution in [2.45, 2.75) is 0 Å². The van der Waals surface area contributed by atoms with Crippen molar-refractivity contribution >= 4 is 11.2 Å². The maximum atomic E-state index is 12.2. The van der Waals surface area contributed by atoms with Crippen LogP contribution in [0.4, 0.5) is 4.39 Å². The van der Waals surface area contributed by atoms with E-state index < -0.39 is 6.67 Å². The largest absolute Gasteiger partial charge is 0.491 e. The van der Waals surface area contributed by atoms with Gasteiger partial charge >= 0.3 is 0 Å². The fraction of sp³-hybridized carbons (Fsp3) is 0.118. The Morgan fingerprint density at radius 1 is 1.17 bits per heavy atom. The maximum absolute atomic E-state index is 12.2. The molecule has 0 saturated carbocycles. The molecule has 3 aromatic heterocycles. The van der Waals surface area contributed by atoms with Crippen LogP contribution in [-0.2, 0) is 0 Å². The fourth-order valence-electron chi connectivity index (χ4n) is 2.54. The predicted octanol–water partition coefficient (Wildman–Crippen LogP) is 2.78. The minimum Gasteiger partial charge on any atom is -0.491 e. The molecule has 3 N–H and O–H groups in total. The number of ether oxygens (including phenoxy) is 1. The molecule has 0 spiro atoms. The number of H-pyrrole nitrogens is 3. The Morgan fingerprint density at radius 2 is 2.12 bits per heavy atom. The summed E-state index contributed by atoms with van der Waals surface area (Å²) in [7, 11) is 0. The molecule has 0 atom stereocenters. The average molecular weight is 324 g/mol. The number of aromatic amines is 3. The first-order valence-corrected chi connectivity index (χ1v) is 7.53. The number of benzene rings is 1. The van der Waals surface area contributed by atoms with Crippen LogP contribution in [0.2, 0.25) is 0 Å². The zero-order valence-corrected chi connectivity index (χ0v) is 12.7. The maximum Gasteiger partial charge on any atom is 0.299 e. The van der Waals surface area contributed by atoms with Crippen molar-refractivity contribution in [3.8, 4) is 28.3 Å². The van der Waals surface area contributed by atoms with Crippen LogP contribution in [0.15, 0.2) is 48.9 Å². The lowest BCUT2D eigenvalue weighted by atomic mass is 10.1. The molecular formula is C17H15FN5O+. The Hall–Kier alpha value is -3.22.